The average molecular weight is 397 g/mol. The lowest BCUT2D eigenvalue weighted by Gasteiger charge is -2.09. The third-order valence-corrected chi connectivity index (χ3v) is 4.37. The normalized spacial score (nSPS) is 10.4. The summed E-state index contributed by atoms with van der Waals surface area (Å²) >= 11 is 0. The first-order valence-electron chi connectivity index (χ1n) is 9.27. The van der Waals surface area contributed by atoms with E-state index in [0.717, 1.165) is 28.4 Å². The zero-order chi connectivity index (χ0) is 20.9. The van der Waals surface area contributed by atoms with Crippen molar-refractivity contribution >= 4 is 28.7 Å². The van der Waals surface area contributed by atoms with Crippen LogP contribution >= 0.6 is 0 Å². The summed E-state index contributed by atoms with van der Waals surface area (Å²) < 4.78 is 7.40. The van der Waals surface area contributed by atoms with E-state index in [0.29, 0.717) is 11.5 Å². The first-order valence-corrected chi connectivity index (χ1v) is 9.27. The van der Waals surface area contributed by atoms with Gasteiger partial charge in [-0.3, -0.25) is 9.20 Å². The Kier molecular flexibility index (Phi) is 5.31. The minimum atomic E-state index is -0.109. The number of ether oxygens (including phenoxy) is 1. The van der Waals surface area contributed by atoms with Crippen LogP contribution in [0.1, 0.15) is 6.92 Å². The summed E-state index contributed by atoms with van der Waals surface area (Å²) in [5.41, 5.74) is 4.19. The number of imidazole rings is 1. The Morgan fingerprint density at radius 2 is 1.83 bits per heavy atom. The number of anilines is 3. The van der Waals surface area contributed by atoms with Gasteiger partial charge in [-0.05, 0) is 48.5 Å². The molecule has 0 aliphatic carbocycles. The van der Waals surface area contributed by atoms with Gasteiger partial charge in [-0.15, -0.1) is 6.42 Å². The van der Waals surface area contributed by atoms with Gasteiger partial charge >= 0.3 is 0 Å². The molecule has 4 aromatic rings. The molecule has 0 atom stereocenters. The highest BCUT2D eigenvalue weighted by atomic mass is 16.5. The molecule has 148 valence electrons. The molecule has 1 amide bonds. The molecule has 0 bridgehead atoms. The molecule has 0 unspecified atom stereocenters. The van der Waals surface area contributed by atoms with E-state index in [4.69, 9.17) is 11.2 Å². The molecule has 0 saturated heterocycles. The molecule has 0 aliphatic heterocycles. The highest BCUT2D eigenvalue weighted by Gasteiger charge is 2.11. The number of terminal acetylenes is 1. The van der Waals surface area contributed by atoms with Crippen LogP contribution < -0.4 is 15.4 Å². The summed E-state index contributed by atoms with van der Waals surface area (Å²) in [5, 5.41) is 6.02. The first kappa shape index (κ1) is 19.0. The van der Waals surface area contributed by atoms with E-state index in [9.17, 15) is 4.79 Å². The lowest BCUT2D eigenvalue weighted by molar-refractivity contribution is -0.114. The molecule has 0 radical (unpaired) electrons. The summed E-state index contributed by atoms with van der Waals surface area (Å²) in [5.74, 6) is 3.69. The second-order valence-corrected chi connectivity index (χ2v) is 6.51. The molecule has 0 spiro atoms. The predicted molar refractivity (Wildman–Crippen MR) is 117 cm³/mol. The number of nitrogens with zero attached hydrogens (tertiary/aromatic N) is 3. The van der Waals surface area contributed by atoms with Gasteiger partial charge in [0, 0.05) is 36.3 Å². The maximum atomic E-state index is 11.2. The zero-order valence-corrected chi connectivity index (χ0v) is 16.3. The monoisotopic (exact) mass is 397 g/mol. The number of nitrogens with one attached hydrogen (secondary N) is 2. The van der Waals surface area contributed by atoms with Crippen LogP contribution in [0, 0.1) is 12.3 Å². The SMILES string of the molecule is C#CCOc1ccc(-c2cnc3c(Nc4ccc(NC(C)=O)cc4)nccn23)cc1. The number of rotatable bonds is 6. The number of hydrogen-bond acceptors (Lipinski definition) is 5. The largest absolute Gasteiger partial charge is 0.481 e. The highest BCUT2D eigenvalue weighted by molar-refractivity contribution is 5.89. The second kappa shape index (κ2) is 8.37. The van der Waals surface area contributed by atoms with E-state index in [-0.39, 0.29) is 12.5 Å². The van der Waals surface area contributed by atoms with Crippen LogP contribution in [-0.4, -0.2) is 26.9 Å². The maximum absolute atomic E-state index is 11.2. The number of carbonyl (C=O) groups is 1. The van der Waals surface area contributed by atoms with Crippen LogP contribution in [0.3, 0.4) is 0 Å². The van der Waals surface area contributed by atoms with Gasteiger partial charge in [0.05, 0.1) is 11.9 Å². The van der Waals surface area contributed by atoms with Crippen molar-refractivity contribution in [3.8, 4) is 29.4 Å². The zero-order valence-electron chi connectivity index (χ0n) is 16.3. The van der Waals surface area contributed by atoms with Crippen molar-refractivity contribution in [1.29, 1.82) is 0 Å². The summed E-state index contributed by atoms with van der Waals surface area (Å²) in [6.45, 7) is 1.71. The average Bonchev–Trinajstić information content (AvgIpc) is 3.19. The lowest BCUT2D eigenvalue weighted by Crippen LogP contribution is -2.05. The van der Waals surface area contributed by atoms with Gasteiger partial charge in [0.2, 0.25) is 5.91 Å². The first-order chi connectivity index (χ1) is 14.6. The van der Waals surface area contributed by atoms with Gasteiger partial charge in [0.15, 0.2) is 11.5 Å². The molecular weight excluding hydrogens is 378 g/mol. The Balaban J connectivity index is 1.59. The molecule has 7 nitrogen and oxygen atoms in total. The number of carbonyl (C=O) groups excluding carboxylic acids is 1. The fourth-order valence-corrected chi connectivity index (χ4v) is 3.04. The number of hydrogen-bond donors (Lipinski definition) is 2. The van der Waals surface area contributed by atoms with Crippen molar-refractivity contribution in [3.05, 3.63) is 67.1 Å². The van der Waals surface area contributed by atoms with E-state index >= 15 is 0 Å². The molecule has 2 N–H and O–H groups in total. The molecule has 0 aliphatic rings. The summed E-state index contributed by atoms with van der Waals surface area (Å²) in [7, 11) is 0. The van der Waals surface area contributed by atoms with Crippen LogP contribution in [0.4, 0.5) is 17.2 Å². The lowest BCUT2D eigenvalue weighted by atomic mass is 10.1. The predicted octanol–water partition coefficient (Wildman–Crippen LogP) is 4.11. The summed E-state index contributed by atoms with van der Waals surface area (Å²) in [6.07, 6.45) is 10.6. The molecule has 4 rings (SSSR count). The van der Waals surface area contributed by atoms with Crippen molar-refractivity contribution in [2.75, 3.05) is 17.2 Å². The quantitative estimate of drug-likeness (QED) is 0.479. The van der Waals surface area contributed by atoms with E-state index < -0.39 is 0 Å². The Morgan fingerprint density at radius 1 is 1.10 bits per heavy atom. The van der Waals surface area contributed by atoms with E-state index in [1.165, 1.54) is 6.92 Å². The van der Waals surface area contributed by atoms with Gasteiger partial charge in [-0.25, -0.2) is 9.97 Å². The minimum Gasteiger partial charge on any atom is -0.481 e. The van der Waals surface area contributed by atoms with Crippen LogP contribution in [0.5, 0.6) is 5.75 Å². The highest BCUT2D eigenvalue weighted by Crippen LogP contribution is 2.27. The topological polar surface area (TPSA) is 80.5 Å². The Bertz CT molecular complexity index is 1220. The molecule has 30 heavy (non-hydrogen) atoms. The van der Waals surface area contributed by atoms with Crippen LogP contribution in [0.15, 0.2) is 67.1 Å². The number of amides is 1. The third kappa shape index (κ3) is 4.08. The molecular formula is C23H19N5O2. The smallest absolute Gasteiger partial charge is 0.221 e. The summed E-state index contributed by atoms with van der Waals surface area (Å²) in [6, 6.07) is 15.1. The molecule has 2 heterocycles. The van der Waals surface area contributed by atoms with Gasteiger partial charge in [0.1, 0.15) is 12.4 Å². The molecule has 2 aromatic heterocycles. The van der Waals surface area contributed by atoms with Gasteiger partial charge < -0.3 is 15.4 Å². The number of fused-ring (bicyclic) bond motifs is 1. The molecule has 2 aromatic carbocycles. The fraction of sp³-hybridized carbons (Fsp3) is 0.0870. The Morgan fingerprint density at radius 3 is 2.53 bits per heavy atom. The van der Waals surface area contributed by atoms with Crippen molar-refractivity contribution in [3.63, 3.8) is 0 Å². The van der Waals surface area contributed by atoms with Gasteiger partial charge in [-0.1, -0.05) is 5.92 Å². The van der Waals surface area contributed by atoms with Crippen LogP contribution in [0.25, 0.3) is 16.9 Å². The van der Waals surface area contributed by atoms with Gasteiger partial charge in [0.25, 0.3) is 0 Å². The Hall–Kier alpha value is -4.31. The third-order valence-electron chi connectivity index (χ3n) is 4.37. The fourth-order valence-electron chi connectivity index (χ4n) is 3.04. The van der Waals surface area contributed by atoms with Crippen LogP contribution in [-0.2, 0) is 4.79 Å². The number of benzene rings is 2. The Labute approximate surface area is 173 Å². The van der Waals surface area contributed by atoms with E-state index in [1.54, 1.807) is 12.4 Å². The summed E-state index contributed by atoms with van der Waals surface area (Å²) in [4.78, 5) is 20.1. The van der Waals surface area contributed by atoms with Crippen molar-refractivity contribution in [2.45, 2.75) is 6.92 Å². The van der Waals surface area contributed by atoms with E-state index in [2.05, 4.69) is 26.5 Å². The minimum absolute atomic E-state index is 0.109. The number of aromatic nitrogens is 3. The van der Waals surface area contributed by atoms with Crippen LogP contribution in [0.2, 0.25) is 0 Å². The molecule has 0 fully saturated rings. The van der Waals surface area contributed by atoms with Crippen molar-refractivity contribution < 1.29 is 9.53 Å². The maximum Gasteiger partial charge on any atom is 0.221 e. The standard InChI is InChI=1S/C23H19N5O2/c1-3-14-30-20-10-4-17(5-11-20)21-15-25-23-22(24-12-13-28(21)23)27-19-8-6-18(7-9-19)26-16(2)29/h1,4-13,15H,14H2,2H3,(H,24,27)(H,26,29). The molecule has 7 heteroatoms. The van der Waals surface area contributed by atoms with Crippen molar-refractivity contribution in [1.82, 2.24) is 14.4 Å². The van der Waals surface area contributed by atoms with Gasteiger partial charge in [-0.2, -0.15) is 0 Å². The molecule has 0 saturated carbocycles. The second-order valence-electron chi connectivity index (χ2n) is 6.51. The van der Waals surface area contributed by atoms with E-state index in [1.807, 2.05) is 59.1 Å². The van der Waals surface area contributed by atoms with Crippen molar-refractivity contribution in [2.24, 2.45) is 0 Å².